The molecule has 6 rings (SSSR count). The van der Waals surface area contributed by atoms with Crippen LogP contribution in [0.25, 0.3) is 44.2 Å². The lowest BCUT2D eigenvalue weighted by atomic mass is 9.93. The number of aromatic nitrogens is 2. The molecule has 0 saturated heterocycles. The lowest BCUT2D eigenvalue weighted by Gasteiger charge is -2.19. The highest BCUT2D eigenvalue weighted by Crippen LogP contribution is 2.44. The Morgan fingerprint density at radius 2 is 1.38 bits per heavy atom. The van der Waals surface area contributed by atoms with Crippen LogP contribution in [0.2, 0.25) is 0 Å². The monoisotopic (exact) mass is 374 g/mol. The second-order valence-electron chi connectivity index (χ2n) is 7.48. The lowest BCUT2D eigenvalue weighted by molar-refractivity contribution is 0.0907. The molecule has 3 nitrogen and oxygen atoms in total. The van der Waals surface area contributed by atoms with Crippen LogP contribution in [0.15, 0.2) is 84.9 Å². The summed E-state index contributed by atoms with van der Waals surface area (Å²) in [6, 6.07) is 29.0. The van der Waals surface area contributed by atoms with Gasteiger partial charge in [0.15, 0.2) is 0 Å². The summed E-state index contributed by atoms with van der Waals surface area (Å²) in [6.45, 7) is 0. The van der Waals surface area contributed by atoms with Crippen LogP contribution in [-0.2, 0) is 6.42 Å². The highest BCUT2D eigenvalue weighted by Gasteiger charge is 2.28. The van der Waals surface area contributed by atoms with Crippen molar-refractivity contribution < 1.29 is 4.79 Å². The van der Waals surface area contributed by atoms with Crippen LogP contribution in [0.3, 0.4) is 0 Å². The molecule has 0 aliphatic carbocycles. The van der Waals surface area contributed by atoms with E-state index in [1.807, 2.05) is 47.0 Å². The molecule has 0 fully saturated rings. The van der Waals surface area contributed by atoms with Gasteiger partial charge in [-0.3, -0.25) is 9.36 Å². The highest BCUT2D eigenvalue weighted by molar-refractivity contribution is 6.21. The first-order valence-corrected chi connectivity index (χ1v) is 9.93. The average molecular weight is 374 g/mol. The van der Waals surface area contributed by atoms with Gasteiger partial charge in [-0.25, -0.2) is 4.98 Å². The van der Waals surface area contributed by atoms with E-state index < -0.39 is 0 Å². The zero-order valence-electron chi connectivity index (χ0n) is 15.8. The van der Waals surface area contributed by atoms with E-state index in [2.05, 4.69) is 42.5 Å². The Bertz CT molecular complexity index is 1400. The van der Waals surface area contributed by atoms with Crippen LogP contribution in [0.1, 0.15) is 16.9 Å². The van der Waals surface area contributed by atoms with Crippen molar-refractivity contribution >= 4 is 27.7 Å². The molecule has 0 N–H and O–H groups in total. The molecule has 1 aliphatic rings. The van der Waals surface area contributed by atoms with Gasteiger partial charge in [0.05, 0.1) is 22.4 Å². The summed E-state index contributed by atoms with van der Waals surface area (Å²) in [5, 5.41) is 2.24. The van der Waals surface area contributed by atoms with E-state index in [4.69, 9.17) is 4.98 Å². The zero-order valence-corrected chi connectivity index (χ0v) is 15.8. The molecule has 138 valence electrons. The van der Waals surface area contributed by atoms with Gasteiger partial charge in [0, 0.05) is 34.7 Å². The number of hydrogen-bond donors (Lipinski definition) is 0. The van der Waals surface area contributed by atoms with Crippen LogP contribution < -0.4 is 0 Å². The summed E-state index contributed by atoms with van der Waals surface area (Å²) in [5.74, 6) is 0.150. The number of nitrogens with zero attached hydrogens (tertiary/aromatic N) is 2. The predicted octanol–water partition coefficient (Wildman–Crippen LogP) is 6.11. The third-order valence-corrected chi connectivity index (χ3v) is 5.82. The van der Waals surface area contributed by atoms with Gasteiger partial charge in [-0.2, -0.15) is 0 Å². The maximum atomic E-state index is 12.9. The number of para-hydroxylation sites is 1. The van der Waals surface area contributed by atoms with Crippen molar-refractivity contribution in [3.8, 4) is 22.4 Å². The topological polar surface area (TPSA) is 34.9 Å². The minimum atomic E-state index is 0.150. The average Bonchev–Trinajstić information content (AvgIpc) is 3.14. The SMILES string of the molecule is O=C1CCc2nc(-c3ccccc3)c(-c3ccccc3)c3c4ccccc4n1c23. The van der Waals surface area contributed by atoms with Crippen molar-refractivity contribution in [1.29, 1.82) is 0 Å². The molecular weight excluding hydrogens is 356 g/mol. The predicted molar refractivity (Wildman–Crippen MR) is 117 cm³/mol. The summed E-state index contributed by atoms with van der Waals surface area (Å²) in [4.78, 5) is 18.0. The Kier molecular flexibility index (Phi) is 3.44. The summed E-state index contributed by atoms with van der Waals surface area (Å²) in [5.41, 5.74) is 7.24. The maximum absolute atomic E-state index is 12.9. The molecule has 2 aromatic heterocycles. The van der Waals surface area contributed by atoms with E-state index >= 15 is 0 Å². The van der Waals surface area contributed by atoms with E-state index in [-0.39, 0.29) is 5.91 Å². The van der Waals surface area contributed by atoms with E-state index in [0.717, 1.165) is 49.9 Å². The van der Waals surface area contributed by atoms with Gasteiger partial charge >= 0.3 is 0 Å². The molecular formula is C26H18N2O. The number of carbonyl (C=O) groups is 1. The molecule has 29 heavy (non-hydrogen) atoms. The smallest absolute Gasteiger partial charge is 0.232 e. The van der Waals surface area contributed by atoms with Crippen molar-refractivity contribution in [3.63, 3.8) is 0 Å². The fourth-order valence-corrected chi connectivity index (χ4v) is 4.59. The Morgan fingerprint density at radius 1 is 0.724 bits per heavy atom. The first-order chi connectivity index (χ1) is 14.3. The zero-order chi connectivity index (χ0) is 19.4. The van der Waals surface area contributed by atoms with Gasteiger partial charge in [-0.05, 0) is 11.6 Å². The van der Waals surface area contributed by atoms with Crippen LogP contribution in [0.5, 0.6) is 0 Å². The third kappa shape index (κ3) is 2.31. The molecule has 5 aromatic rings. The molecule has 3 aromatic carbocycles. The quantitative estimate of drug-likeness (QED) is 0.374. The molecule has 0 unspecified atom stereocenters. The third-order valence-electron chi connectivity index (χ3n) is 5.82. The molecule has 0 radical (unpaired) electrons. The van der Waals surface area contributed by atoms with Crippen molar-refractivity contribution in [3.05, 3.63) is 90.6 Å². The molecule has 0 atom stereocenters. The number of rotatable bonds is 2. The van der Waals surface area contributed by atoms with E-state index in [0.29, 0.717) is 12.8 Å². The van der Waals surface area contributed by atoms with E-state index in [1.165, 1.54) is 0 Å². The molecule has 3 heteroatoms. The largest absolute Gasteiger partial charge is 0.278 e. The second-order valence-corrected chi connectivity index (χ2v) is 7.48. The van der Waals surface area contributed by atoms with Gasteiger partial charge in [0.25, 0.3) is 0 Å². The Labute approximate surface area is 168 Å². The normalized spacial score (nSPS) is 13.3. The van der Waals surface area contributed by atoms with Crippen LogP contribution in [0.4, 0.5) is 0 Å². The summed E-state index contributed by atoms with van der Waals surface area (Å²) >= 11 is 0. The molecule has 0 saturated carbocycles. The molecule has 0 amide bonds. The molecule has 0 spiro atoms. The first kappa shape index (κ1) is 16.3. The van der Waals surface area contributed by atoms with Gasteiger partial charge in [0.2, 0.25) is 5.91 Å². The van der Waals surface area contributed by atoms with Crippen molar-refractivity contribution in [2.75, 3.05) is 0 Å². The summed E-state index contributed by atoms with van der Waals surface area (Å²) in [6.07, 6.45) is 1.17. The fourth-order valence-electron chi connectivity index (χ4n) is 4.59. The van der Waals surface area contributed by atoms with Crippen molar-refractivity contribution in [2.45, 2.75) is 12.8 Å². The summed E-state index contributed by atoms with van der Waals surface area (Å²) < 4.78 is 1.89. The number of benzene rings is 3. The Hall–Kier alpha value is -3.72. The van der Waals surface area contributed by atoms with Crippen LogP contribution in [0, 0.1) is 0 Å². The molecule has 0 bridgehead atoms. The van der Waals surface area contributed by atoms with Crippen molar-refractivity contribution in [2.24, 2.45) is 0 Å². The van der Waals surface area contributed by atoms with E-state index in [1.54, 1.807) is 0 Å². The minimum Gasteiger partial charge on any atom is -0.278 e. The number of fused-ring (bicyclic) bond motifs is 3. The molecule has 3 heterocycles. The number of pyridine rings is 1. The maximum Gasteiger partial charge on any atom is 0.232 e. The number of carbonyl (C=O) groups excluding carboxylic acids is 1. The second kappa shape index (κ2) is 6.14. The van der Waals surface area contributed by atoms with E-state index in [9.17, 15) is 4.79 Å². The van der Waals surface area contributed by atoms with Gasteiger partial charge < -0.3 is 0 Å². The number of aryl methyl sites for hydroxylation is 1. The summed E-state index contributed by atoms with van der Waals surface area (Å²) in [7, 11) is 0. The standard InChI is InChI=1S/C26H18N2O/c29-22-16-15-20-26-24(19-13-7-8-14-21(19)28(22)26)23(17-9-3-1-4-10-17)25(27-20)18-11-5-2-6-12-18/h1-14H,15-16H2. The fraction of sp³-hybridized carbons (Fsp3) is 0.0769. The lowest BCUT2D eigenvalue weighted by Crippen LogP contribution is -2.18. The molecule has 1 aliphatic heterocycles. The number of hydrogen-bond acceptors (Lipinski definition) is 2. The minimum absolute atomic E-state index is 0.150. The van der Waals surface area contributed by atoms with Crippen LogP contribution >= 0.6 is 0 Å². The van der Waals surface area contributed by atoms with Crippen molar-refractivity contribution in [1.82, 2.24) is 9.55 Å². The first-order valence-electron chi connectivity index (χ1n) is 9.93. The Balaban J connectivity index is 1.88. The van der Waals surface area contributed by atoms with Crippen LogP contribution in [-0.4, -0.2) is 15.5 Å². The van der Waals surface area contributed by atoms with Gasteiger partial charge in [-0.15, -0.1) is 0 Å². The Morgan fingerprint density at radius 3 is 2.14 bits per heavy atom. The van der Waals surface area contributed by atoms with Gasteiger partial charge in [0.1, 0.15) is 0 Å². The van der Waals surface area contributed by atoms with Gasteiger partial charge in [-0.1, -0.05) is 78.9 Å². The highest BCUT2D eigenvalue weighted by atomic mass is 16.2.